The second-order valence-electron chi connectivity index (χ2n) is 2.26. The highest BCUT2D eigenvalue weighted by Gasteiger charge is 2.02. The number of carbonyl (C=O) groups excluding carboxylic acids is 1. The highest BCUT2D eigenvalue weighted by atomic mass is 35.5. The number of nitrogens with one attached hydrogen (secondary N) is 1. The summed E-state index contributed by atoms with van der Waals surface area (Å²) in [6.07, 6.45) is 1.59. The molecule has 0 spiro atoms. The van der Waals surface area contributed by atoms with Crippen molar-refractivity contribution in [3.63, 3.8) is 0 Å². The van der Waals surface area contributed by atoms with Crippen LogP contribution in [-0.4, -0.2) is 17.9 Å². The quantitative estimate of drug-likeness (QED) is 0.770. The molecule has 0 aromatic carbocycles. The summed E-state index contributed by atoms with van der Waals surface area (Å²) >= 11 is 5.55. The molecular weight excluding hydrogens is 211 g/mol. The first-order valence-electron chi connectivity index (χ1n) is 3.51. The van der Waals surface area contributed by atoms with Crippen molar-refractivity contribution < 1.29 is 4.79 Å². The summed E-state index contributed by atoms with van der Waals surface area (Å²) in [5.41, 5.74) is 1.32. The Hall–Kier alpha value is -0.800. The molecule has 0 unspecified atom stereocenters. The maximum atomic E-state index is 11.0. The topological polar surface area (TPSA) is 42.0 Å². The second kappa shape index (κ2) is 5.78. The van der Waals surface area contributed by atoms with Crippen molar-refractivity contribution in [3.05, 3.63) is 29.6 Å². The van der Waals surface area contributed by atoms with Crippen LogP contribution in [-0.2, 0) is 5.88 Å². The lowest BCUT2D eigenvalue weighted by molar-refractivity contribution is 0.0958. The number of alkyl halides is 1. The molecule has 1 heterocycles. The highest BCUT2D eigenvalue weighted by molar-refractivity contribution is 6.17. The molecule has 0 aliphatic rings. The molecule has 1 rings (SSSR count). The summed E-state index contributed by atoms with van der Waals surface area (Å²) in [6, 6.07) is 3.43. The Morgan fingerprint density at radius 2 is 2.31 bits per heavy atom. The van der Waals surface area contributed by atoms with Gasteiger partial charge in [-0.3, -0.25) is 9.78 Å². The molecular formula is C8H10Cl2N2O. The van der Waals surface area contributed by atoms with E-state index < -0.39 is 0 Å². The second-order valence-corrected chi connectivity index (χ2v) is 2.53. The fraction of sp³-hybridized carbons (Fsp3) is 0.250. The van der Waals surface area contributed by atoms with Gasteiger partial charge >= 0.3 is 0 Å². The summed E-state index contributed by atoms with van der Waals surface area (Å²) in [5.74, 6) is 0.234. The lowest BCUT2D eigenvalue weighted by Crippen LogP contribution is -2.18. The van der Waals surface area contributed by atoms with Crippen LogP contribution in [0.5, 0.6) is 0 Å². The number of pyridine rings is 1. The van der Waals surface area contributed by atoms with Gasteiger partial charge in [-0.2, -0.15) is 0 Å². The average Bonchev–Trinajstić information content (AvgIpc) is 2.17. The zero-order valence-corrected chi connectivity index (χ0v) is 8.65. The Kier molecular flexibility index (Phi) is 5.42. The van der Waals surface area contributed by atoms with E-state index in [0.29, 0.717) is 11.6 Å². The minimum atomic E-state index is -0.184. The van der Waals surface area contributed by atoms with E-state index in [0.717, 1.165) is 5.56 Å². The predicted octanol–water partition coefficient (Wildman–Crippen LogP) is 1.60. The van der Waals surface area contributed by atoms with Crippen LogP contribution in [0.25, 0.3) is 0 Å². The third-order valence-corrected chi connectivity index (χ3v) is 1.75. The van der Waals surface area contributed by atoms with Gasteiger partial charge in [0.05, 0.1) is 0 Å². The van der Waals surface area contributed by atoms with Crippen molar-refractivity contribution in [1.82, 2.24) is 10.3 Å². The Morgan fingerprint density at radius 3 is 2.69 bits per heavy atom. The third-order valence-electron chi connectivity index (χ3n) is 1.44. The van der Waals surface area contributed by atoms with E-state index in [-0.39, 0.29) is 18.3 Å². The Labute approximate surface area is 87.9 Å². The first-order valence-corrected chi connectivity index (χ1v) is 4.04. The van der Waals surface area contributed by atoms with Crippen LogP contribution in [0, 0.1) is 0 Å². The number of aromatic nitrogens is 1. The van der Waals surface area contributed by atoms with Crippen molar-refractivity contribution in [3.8, 4) is 0 Å². The summed E-state index contributed by atoms with van der Waals surface area (Å²) in [5, 5.41) is 2.48. The van der Waals surface area contributed by atoms with Gasteiger partial charge in [-0.25, -0.2) is 0 Å². The molecule has 5 heteroatoms. The van der Waals surface area contributed by atoms with Crippen molar-refractivity contribution in [2.45, 2.75) is 5.88 Å². The predicted molar refractivity (Wildman–Crippen MR) is 54.4 cm³/mol. The maximum absolute atomic E-state index is 11.0. The molecule has 0 saturated carbocycles. The molecule has 0 atom stereocenters. The van der Waals surface area contributed by atoms with Crippen molar-refractivity contribution in [1.29, 1.82) is 0 Å². The Bertz CT molecular complexity index is 274. The van der Waals surface area contributed by atoms with Crippen molar-refractivity contribution in [2.24, 2.45) is 0 Å². The van der Waals surface area contributed by atoms with Crippen LogP contribution in [0.2, 0.25) is 0 Å². The molecule has 1 aromatic heterocycles. The molecule has 3 nitrogen and oxygen atoms in total. The number of rotatable bonds is 2. The molecule has 0 fully saturated rings. The van der Waals surface area contributed by atoms with Crippen molar-refractivity contribution in [2.75, 3.05) is 7.05 Å². The summed E-state index contributed by atoms with van der Waals surface area (Å²) in [6.45, 7) is 0. The molecule has 0 bridgehead atoms. The van der Waals surface area contributed by atoms with Crippen LogP contribution in [0.15, 0.2) is 18.3 Å². The summed E-state index contributed by atoms with van der Waals surface area (Å²) < 4.78 is 0. The number of amides is 1. The zero-order valence-electron chi connectivity index (χ0n) is 7.08. The fourth-order valence-electron chi connectivity index (χ4n) is 0.766. The van der Waals surface area contributed by atoms with Gasteiger partial charge in [0.2, 0.25) is 0 Å². The molecule has 0 aliphatic heterocycles. The van der Waals surface area contributed by atoms with Gasteiger partial charge in [0.15, 0.2) is 0 Å². The van der Waals surface area contributed by atoms with Crippen LogP contribution < -0.4 is 5.32 Å². The van der Waals surface area contributed by atoms with Gasteiger partial charge in [0.25, 0.3) is 5.91 Å². The van der Waals surface area contributed by atoms with Gasteiger partial charge in [0, 0.05) is 19.1 Å². The Balaban J connectivity index is 0.00000144. The molecule has 13 heavy (non-hydrogen) atoms. The maximum Gasteiger partial charge on any atom is 0.269 e. The monoisotopic (exact) mass is 220 g/mol. The number of halogens is 2. The molecule has 0 saturated heterocycles. The standard InChI is InChI=1S/C8H9ClN2O.ClH/c1-10-8(12)7-3-2-6(4-9)5-11-7;/h2-3,5H,4H2,1H3,(H,10,12);1H. The van der Waals surface area contributed by atoms with Crippen LogP contribution in [0.4, 0.5) is 0 Å². The summed E-state index contributed by atoms with van der Waals surface area (Å²) in [7, 11) is 1.57. The van der Waals surface area contributed by atoms with Crippen molar-refractivity contribution >= 4 is 29.9 Å². The third kappa shape index (κ3) is 3.20. The minimum absolute atomic E-state index is 0. The van der Waals surface area contributed by atoms with Crippen LogP contribution in [0.3, 0.4) is 0 Å². The van der Waals surface area contributed by atoms with Gasteiger partial charge in [-0.1, -0.05) is 6.07 Å². The summed E-state index contributed by atoms with van der Waals surface area (Å²) in [4.78, 5) is 14.9. The van der Waals surface area contributed by atoms with Gasteiger partial charge in [0.1, 0.15) is 5.69 Å². The zero-order chi connectivity index (χ0) is 8.97. The number of hydrogen-bond acceptors (Lipinski definition) is 2. The van der Waals surface area contributed by atoms with E-state index in [1.54, 1.807) is 25.4 Å². The number of hydrogen-bond donors (Lipinski definition) is 1. The first-order chi connectivity index (χ1) is 5.77. The number of carbonyl (C=O) groups is 1. The normalized spacial score (nSPS) is 8.77. The first kappa shape index (κ1) is 12.2. The van der Waals surface area contributed by atoms with Gasteiger partial charge in [-0.15, -0.1) is 24.0 Å². The largest absolute Gasteiger partial charge is 0.354 e. The van der Waals surface area contributed by atoms with E-state index in [1.165, 1.54) is 0 Å². The molecule has 72 valence electrons. The molecule has 1 N–H and O–H groups in total. The van der Waals surface area contributed by atoms with E-state index in [1.807, 2.05) is 0 Å². The van der Waals surface area contributed by atoms with Gasteiger partial charge in [-0.05, 0) is 11.6 Å². The molecule has 1 aromatic rings. The molecule has 0 radical (unpaired) electrons. The fourth-order valence-corrected chi connectivity index (χ4v) is 0.924. The highest BCUT2D eigenvalue weighted by Crippen LogP contribution is 2.02. The Morgan fingerprint density at radius 1 is 1.62 bits per heavy atom. The van der Waals surface area contributed by atoms with E-state index in [9.17, 15) is 4.79 Å². The average molecular weight is 221 g/mol. The SMILES string of the molecule is CNC(=O)c1ccc(CCl)cn1.Cl. The van der Waals surface area contributed by atoms with E-state index in [2.05, 4.69) is 10.3 Å². The van der Waals surface area contributed by atoms with E-state index in [4.69, 9.17) is 11.6 Å². The molecule has 1 amide bonds. The van der Waals surface area contributed by atoms with Crippen LogP contribution >= 0.6 is 24.0 Å². The van der Waals surface area contributed by atoms with Crippen LogP contribution in [0.1, 0.15) is 16.1 Å². The molecule has 0 aliphatic carbocycles. The minimum Gasteiger partial charge on any atom is -0.354 e. The smallest absolute Gasteiger partial charge is 0.269 e. The number of nitrogens with zero attached hydrogens (tertiary/aromatic N) is 1. The lowest BCUT2D eigenvalue weighted by atomic mass is 10.2. The lowest BCUT2D eigenvalue weighted by Gasteiger charge is -1.98. The van der Waals surface area contributed by atoms with Gasteiger partial charge < -0.3 is 5.32 Å². The van der Waals surface area contributed by atoms with E-state index >= 15 is 0 Å².